The second-order valence-corrected chi connectivity index (χ2v) is 5.43. The Morgan fingerprint density at radius 2 is 1.71 bits per heavy atom. The predicted octanol–water partition coefficient (Wildman–Crippen LogP) is 3.96. The molecule has 0 heterocycles. The number of aryl methyl sites for hydroxylation is 1. The number of unbranched alkanes of at least 4 members (excludes halogenated alkanes) is 1. The molecule has 5 heteroatoms. The standard InChI is InChI=1S/C19H20FNO3/c1-2-3-4-14-5-11-17(12-6-14)21-18(22)13-24-19(23)15-7-9-16(20)10-8-15/h5-12H,2-4,13H2,1H3,(H,21,22). The largest absolute Gasteiger partial charge is 0.452 e. The SMILES string of the molecule is CCCCc1ccc(NC(=O)COC(=O)c2ccc(F)cc2)cc1. The zero-order valence-electron chi connectivity index (χ0n) is 13.5. The molecule has 0 aliphatic carbocycles. The van der Waals surface area contributed by atoms with Crippen molar-refractivity contribution in [3.63, 3.8) is 0 Å². The minimum absolute atomic E-state index is 0.199. The highest BCUT2D eigenvalue weighted by Crippen LogP contribution is 2.12. The van der Waals surface area contributed by atoms with Crippen LogP contribution in [0.1, 0.15) is 35.7 Å². The molecule has 0 fully saturated rings. The Kier molecular flexibility index (Phi) is 6.49. The van der Waals surface area contributed by atoms with E-state index >= 15 is 0 Å². The zero-order chi connectivity index (χ0) is 17.4. The maximum atomic E-state index is 12.8. The first-order valence-corrected chi connectivity index (χ1v) is 7.90. The van der Waals surface area contributed by atoms with E-state index in [2.05, 4.69) is 12.2 Å². The van der Waals surface area contributed by atoms with E-state index in [0.717, 1.165) is 31.4 Å². The van der Waals surface area contributed by atoms with Gasteiger partial charge in [-0.05, 0) is 54.8 Å². The van der Waals surface area contributed by atoms with E-state index in [0.29, 0.717) is 5.69 Å². The van der Waals surface area contributed by atoms with Crippen molar-refractivity contribution in [2.45, 2.75) is 26.2 Å². The summed E-state index contributed by atoms with van der Waals surface area (Å²) in [5.74, 6) is -1.53. The van der Waals surface area contributed by atoms with Gasteiger partial charge >= 0.3 is 5.97 Å². The molecule has 0 saturated heterocycles. The molecule has 24 heavy (non-hydrogen) atoms. The third-order valence-electron chi connectivity index (χ3n) is 3.47. The van der Waals surface area contributed by atoms with Gasteiger partial charge in [0.25, 0.3) is 5.91 Å². The molecule has 126 valence electrons. The average molecular weight is 329 g/mol. The maximum absolute atomic E-state index is 12.8. The van der Waals surface area contributed by atoms with Crippen LogP contribution in [0, 0.1) is 5.82 Å². The molecule has 0 aliphatic rings. The molecular formula is C19H20FNO3. The summed E-state index contributed by atoms with van der Waals surface area (Å²) in [5, 5.41) is 2.67. The number of ether oxygens (including phenoxy) is 1. The fourth-order valence-electron chi connectivity index (χ4n) is 2.13. The number of benzene rings is 2. The van der Waals surface area contributed by atoms with E-state index in [1.165, 1.54) is 17.7 Å². The Hall–Kier alpha value is -2.69. The number of esters is 1. The molecule has 0 spiro atoms. The molecule has 0 unspecified atom stereocenters. The number of hydrogen-bond acceptors (Lipinski definition) is 3. The molecule has 1 amide bonds. The van der Waals surface area contributed by atoms with Crippen LogP contribution in [0.4, 0.5) is 10.1 Å². The molecule has 2 aromatic rings. The van der Waals surface area contributed by atoms with Crippen LogP contribution >= 0.6 is 0 Å². The topological polar surface area (TPSA) is 55.4 Å². The number of carbonyl (C=O) groups is 2. The van der Waals surface area contributed by atoms with E-state index < -0.39 is 24.3 Å². The Balaban J connectivity index is 1.80. The van der Waals surface area contributed by atoms with Gasteiger partial charge in [-0.2, -0.15) is 0 Å². The van der Waals surface area contributed by atoms with Crippen LogP contribution in [0.5, 0.6) is 0 Å². The van der Waals surface area contributed by atoms with Crippen molar-refractivity contribution in [3.8, 4) is 0 Å². The first-order valence-electron chi connectivity index (χ1n) is 7.90. The van der Waals surface area contributed by atoms with E-state index in [1.807, 2.05) is 24.3 Å². The Bertz CT molecular complexity index is 681. The highest BCUT2D eigenvalue weighted by atomic mass is 19.1. The molecule has 0 bridgehead atoms. The third-order valence-corrected chi connectivity index (χ3v) is 3.47. The van der Waals surface area contributed by atoms with Crippen molar-refractivity contribution in [1.82, 2.24) is 0 Å². The van der Waals surface area contributed by atoms with Crippen molar-refractivity contribution in [2.24, 2.45) is 0 Å². The van der Waals surface area contributed by atoms with Crippen molar-refractivity contribution in [2.75, 3.05) is 11.9 Å². The molecule has 1 N–H and O–H groups in total. The number of rotatable bonds is 7. The molecule has 0 saturated carbocycles. The number of hydrogen-bond donors (Lipinski definition) is 1. The summed E-state index contributed by atoms with van der Waals surface area (Å²) in [7, 11) is 0. The predicted molar refractivity (Wildman–Crippen MR) is 90.4 cm³/mol. The molecule has 2 aromatic carbocycles. The van der Waals surface area contributed by atoms with Gasteiger partial charge in [0.2, 0.25) is 0 Å². The lowest BCUT2D eigenvalue weighted by atomic mass is 10.1. The van der Waals surface area contributed by atoms with Gasteiger partial charge in [-0.1, -0.05) is 25.5 Å². The van der Waals surface area contributed by atoms with Gasteiger partial charge in [0.15, 0.2) is 6.61 Å². The van der Waals surface area contributed by atoms with E-state index in [1.54, 1.807) is 0 Å². The zero-order valence-corrected chi connectivity index (χ0v) is 13.5. The van der Waals surface area contributed by atoms with Crippen LogP contribution in [0.2, 0.25) is 0 Å². The summed E-state index contributed by atoms with van der Waals surface area (Å²) in [5.41, 5.74) is 2.07. The molecule has 0 radical (unpaired) electrons. The first kappa shape index (κ1) is 17.7. The van der Waals surface area contributed by atoms with Crippen LogP contribution < -0.4 is 5.32 Å². The lowest BCUT2D eigenvalue weighted by molar-refractivity contribution is -0.119. The summed E-state index contributed by atoms with van der Waals surface area (Å²) in [6.45, 7) is 1.75. The van der Waals surface area contributed by atoms with E-state index in [9.17, 15) is 14.0 Å². The molecule has 2 rings (SSSR count). The van der Waals surface area contributed by atoms with Gasteiger partial charge in [0.05, 0.1) is 5.56 Å². The van der Waals surface area contributed by atoms with Gasteiger partial charge in [0, 0.05) is 5.69 Å². The van der Waals surface area contributed by atoms with Crippen molar-refractivity contribution < 1.29 is 18.7 Å². The van der Waals surface area contributed by atoms with Crippen LogP contribution in [-0.4, -0.2) is 18.5 Å². The molecule has 0 atom stereocenters. The second kappa shape index (κ2) is 8.82. The highest BCUT2D eigenvalue weighted by molar-refractivity contribution is 5.95. The normalized spacial score (nSPS) is 10.2. The molecular weight excluding hydrogens is 309 g/mol. The maximum Gasteiger partial charge on any atom is 0.338 e. The number of halogens is 1. The van der Waals surface area contributed by atoms with Gasteiger partial charge in [-0.15, -0.1) is 0 Å². The molecule has 0 aliphatic heterocycles. The number of nitrogens with one attached hydrogen (secondary N) is 1. The van der Waals surface area contributed by atoms with Gasteiger partial charge < -0.3 is 10.1 Å². The summed E-state index contributed by atoms with van der Waals surface area (Å²) < 4.78 is 17.7. The minimum Gasteiger partial charge on any atom is -0.452 e. The summed E-state index contributed by atoms with van der Waals surface area (Å²) in [4.78, 5) is 23.5. The van der Waals surface area contributed by atoms with Crippen molar-refractivity contribution in [3.05, 3.63) is 65.5 Å². The van der Waals surface area contributed by atoms with E-state index in [4.69, 9.17) is 4.74 Å². The lowest BCUT2D eigenvalue weighted by Gasteiger charge is -2.07. The fraction of sp³-hybridized carbons (Fsp3) is 0.263. The van der Waals surface area contributed by atoms with Crippen LogP contribution in [-0.2, 0) is 16.0 Å². The first-order chi connectivity index (χ1) is 11.6. The molecule has 0 aromatic heterocycles. The Morgan fingerprint density at radius 1 is 1.04 bits per heavy atom. The molecule has 4 nitrogen and oxygen atoms in total. The van der Waals surface area contributed by atoms with Crippen molar-refractivity contribution in [1.29, 1.82) is 0 Å². The summed E-state index contributed by atoms with van der Waals surface area (Å²) in [6, 6.07) is 12.5. The summed E-state index contributed by atoms with van der Waals surface area (Å²) in [6.07, 6.45) is 3.28. The summed E-state index contributed by atoms with van der Waals surface area (Å²) >= 11 is 0. The highest BCUT2D eigenvalue weighted by Gasteiger charge is 2.10. The third kappa shape index (κ3) is 5.50. The van der Waals surface area contributed by atoms with Gasteiger partial charge in [-0.25, -0.2) is 9.18 Å². The average Bonchev–Trinajstić information content (AvgIpc) is 2.59. The van der Waals surface area contributed by atoms with E-state index in [-0.39, 0.29) is 5.56 Å². The second-order valence-electron chi connectivity index (χ2n) is 5.43. The number of anilines is 1. The monoisotopic (exact) mass is 329 g/mol. The Labute approximate surface area is 140 Å². The fourth-order valence-corrected chi connectivity index (χ4v) is 2.13. The van der Waals surface area contributed by atoms with Crippen LogP contribution in [0.3, 0.4) is 0 Å². The van der Waals surface area contributed by atoms with Crippen LogP contribution in [0.25, 0.3) is 0 Å². The van der Waals surface area contributed by atoms with Gasteiger partial charge in [-0.3, -0.25) is 4.79 Å². The Morgan fingerprint density at radius 3 is 2.33 bits per heavy atom. The minimum atomic E-state index is -0.667. The quantitative estimate of drug-likeness (QED) is 0.782. The van der Waals surface area contributed by atoms with Gasteiger partial charge in [0.1, 0.15) is 5.82 Å². The van der Waals surface area contributed by atoms with Crippen molar-refractivity contribution >= 4 is 17.6 Å². The van der Waals surface area contributed by atoms with Crippen LogP contribution in [0.15, 0.2) is 48.5 Å². The number of carbonyl (C=O) groups excluding carboxylic acids is 2. The smallest absolute Gasteiger partial charge is 0.338 e. The number of amides is 1. The lowest BCUT2D eigenvalue weighted by Crippen LogP contribution is -2.20.